The third-order valence-corrected chi connectivity index (χ3v) is 5.23. The van der Waals surface area contributed by atoms with Crippen LogP contribution in [0, 0.1) is 13.8 Å². The van der Waals surface area contributed by atoms with E-state index in [0.717, 1.165) is 40.8 Å². The highest BCUT2D eigenvalue weighted by molar-refractivity contribution is 5.90. The first kappa shape index (κ1) is 19.9. The van der Waals surface area contributed by atoms with Crippen LogP contribution in [0.25, 0.3) is 0 Å². The summed E-state index contributed by atoms with van der Waals surface area (Å²) in [6, 6.07) is 13.9. The maximum atomic E-state index is 13.0. The van der Waals surface area contributed by atoms with Crippen LogP contribution in [0.2, 0.25) is 0 Å². The molecule has 156 valence electrons. The molecule has 0 saturated carbocycles. The van der Waals surface area contributed by atoms with E-state index in [2.05, 4.69) is 39.8 Å². The number of aromatic nitrogens is 4. The molecule has 2 aromatic carbocycles. The summed E-state index contributed by atoms with van der Waals surface area (Å²) in [6.07, 6.45) is 1.34. The van der Waals surface area contributed by atoms with Gasteiger partial charge in [0.1, 0.15) is 6.61 Å². The number of anilines is 2. The van der Waals surface area contributed by atoms with Crippen LogP contribution in [0.1, 0.15) is 41.1 Å². The van der Waals surface area contributed by atoms with Crippen molar-refractivity contribution < 1.29 is 9.53 Å². The van der Waals surface area contributed by atoms with Crippen molar-refractivity contribution >= 4 is 17.7 Å². The van der Waals surface area contributed by atoms with Gasteiger partial charge in [0.25, 0.3) is 5.95 Å². The molecule has 1 aromatic heterocycles. The van der Waals surface area contributed by atoms with E-state index >= 15 is 0 Å². The van der Waals surface area contributed by atoms with Crippen molar-refractivity contribution in [2.24, 2.45) is 7.05 Å². The minimum atomic E-state index is -0.328. The zero-order chi connectivity index (χ0) is 21.1. The number of aryl methyl sites for hydroxylation is 3. The summed E-state index contributed by atoms with van der Waals surface area (Å²) >= 11 is 0. The highest BCUT2D eigenvalue weighted by Gasteiger charge is 2.29. The molecule has 1 N–H and O–H groups in total. The van der Waals surface area contributed by atoms with Gasteiger partial charge >= 0.3 is 6.09 Å². The smallest absolute Gasteiger partial charge is 0.414 e. The van der Waals surface area contributed by atoms with Crippen LogP contribution < -0.4 is 10.2 Å². The van der Waals surface area contributed by atoms with Crippen LogP contribution >= 0.6 is 0 Å². The summed E-state index contributed by atoms with van der Waals surface area (Å²) in [5, 5.41) is 15.6. The third kappa shape index (κ3) is 4.27. The molecule has 1 aliphatic heterocycles. The fourth-order valence-corrected chi connectivity index (χ4v) is 3.98. The predicted octanol–water partition coefficient (Wildman–Crippen LogP) is 3.92. The maximum absolute atomic E-state index is 13.0. The Balaban J connectivity index is 1.62. The average molecular weight is 406 g/mol. The fraction of sp³-hybridized carbons (Fsp3) is 0.364. The van der Waals surface area contributed by atoms with Gasteiger partial charge in [0, 0.05) is 6.54 Å². The first-order valence-corrected chi connectivity index (χ1v) is 10.1. The number of carbonyl (C=O) groups is 1. The highest BCUT2D eigenvalue weighted by Crippen LogP contribution is 2.38. The van der Waals surface area contributed by atoms with E-state index in [9.17, 15) is 4.79 Å². The normalized spacial score (nSPS) is 16.0. The Morgan fingerprint density at radius 2 is 2.03 bits per heavy atom. The second-order valence-corrected chi connectivity index (χ2v) is 7.65. The molecule has 30 heavy (non-hydrogen) atoms. The number of nitrogens with one attached hydrogen (secondary N) is 1. The average Bonchev–Trinajstić information content (AvgIpc) is 3.05. The van der Waals surface area contributed by atoms with Crippen LogP contribution in [0.15, 0.2) is 42.5 Å². The van der Waals surface area contributed by atoms with Crippen LogP contribution in [-0.2, 0) is 18.4 Å². The van der Waals surface area contributed by atoms with Crippen molar-refractivity contribution in [2.75, 3.05) is 16.8 Å². The lowest BCUT2D eigenvalue weighted by atomic mass is 9.96. The minimum Gasteiger partial charge on any atom is -0.444 e. The summed E-state index contributed by atoms with van der Waals surface area (Å²) < 4.78 is 5.65. The Kier molecular flexibility index (Phi) is 5.65. The molecule has 1 amide bonds. The van der Waals surface area contributed by atoms with Gasteiger partial charge in [-0.25, -0.2) is 4.79 Å². The number of carbonyl (C=O) groups excluding carboxylic acids is 1. The number of nitrogens with zero attached hydrogens (tertiary/aromatic N) is 5. The number of amides is 1. The molecule has 2 heterocycles. The van der Waals surface area contributed by atoms with E-state index in [1.165, 1.54) is 4.80 Å². The Morgan fingerprint density at radius 1 is 1.23 bits per heavy atom. The molecule has 8 heteroatoms. The van der Waals surface area contributed by atoms with E-state index in [1.54, 1.807) is 11.9 Å². The van der Waals surface area contributed by atoms with Gasteiger partial charge < -0.3 is 10.1 Å². The Labute approximate surface area is 175 Å². The molecular formula is C22H26N6O2. The van der Waals surface area contributed by atoms with Crippen molar-refractivity contribution in [3.05, 3.63) is 64.7 Å². The SMILES string of the molecule is Cc1cc(C)c2c(c1)C(Nc1nnn(C)n1)CCCN2C(=O)OCc1ccccc1. The molecular weight excluding hydrogens is 380 g/mol. The molecule has 8 nitrogen and oxygen atoms in total. The van der Waals surface area contributed by atoms with E-state index in [1.807, 2.05) is 37.3 Å². The van der Waals surface area contributed by atoms with Gasteiger partial charge in [-0.05, 0) is 48.6 Å². The number of benzene rings is 2. The molecule has 0 radical (unpaired) electrons. The quantitative estimate of drug-likeness (QED) is 0.707. The number of hydrogen-bond acceptors (Lipinski definition) is 6. The molecule has 0 saturated heterocycles. The summed E-state index contributed by atoms with van der Waals surface area (Å²) in [4.78, 5) is 16.2. The monoisotopic (exact) mass is 406 g/mol. The Morgan fingerprint density at radius 3 is 2.77 bits per heavy atom. The molecule has 0 fully saturated rings. The summed E-state index contributed by atoms with van der Waals surface area (Å²) in [5.41, 5.74) is 5.11. The maximum Gasteiger partial charge on any atom is 0.414 e. The van der Waals surface area contributed by atoms with Crippen LogP contribution in [0.3, 0.4) is 0 Å². The summed E-state index contributed by atoms with van der Waals surface area (Å²) in [7, 11) is 1.73. The molecule has 1 atom stereocenters. The van der Waals surface area contributed by atoms with Crippen molar-refractivity contribution in [1.82, 2.24) is 20.2 Å². The van der Waals surface area contributed by atoms with E-state index in [0.29, 0.717) is 12.5 Å². The third-order valence-electron chi connectivity index (χ3n) is 5.23. The highest BCUT2D eigenvalue weighted by atomic mass is 16.6. The second kappa shape index (κ2) is 8.52. The standard InChI is InChI=1S/C22H26N6O2/c1-15-12-16(2)20-18(13-15)19(23-21-24-26-27(3)25-21)10-7-11-28(20)22(29)30-14-17-8-5-4-6-9-17/h4-6,8-9,12-13,19H,7,10-11,14H2,1-3H3,(H,23,25). The molecule has 0 bridgehead atoms. The van der Waals surface area contributed by atoms with E-state index in [4.69, 9.17) is 4.74 Å². The number of tetrazole rings is 1. The van der Waals surface area contributed by atoms with Crippen LogP contribution in [0.5, 0.6) is 0 Å². The minimum absolute atomic E-state index is 0.0188. The lowest BCUT2D eigenvalue weighted by Gasteiger charge is -2.26. The topological polar surface area (TPSA) is 85.2 Å². The molecule has 1 unspecified atom stereocenters. The first-order chi connectivity index (χ1) is 14.5. The van der Waals surface area contributed by atoms with E-state index < -0.39 is 0 Å². The number of fused-ring (bicyclic) bond motifs is 1. The van der Waals surface area contributed by atoms with Gasteiger partial charge in [-0.1, -0.05) is 53.1 Å². The number of ether oxygens (including phenoxy) is 1. The number of rotatable bonds is 4. The van der Waals surface area contributed by atoms with Crippen LogP contribution in [0.4, 0.5) is 16.4 Å². The molecule has 0 aliphatic carbocycles. The lowest BCUT2D eigenvalue weighted by molar-refractivity contribution is 0.147. The van der Waals surface area contributed by atoms with Gasteiger partial charge in [-0.2, -0.15) is 4.80 Å². The summed E-state index contributed by atoms with van der Waals surface area (Å²) in [6.45, 7) is 4.94. The predicted molar refractivity (Wildman–Crippen MR) is 114 cm³/mol. The van der Waals surface area contributed by atoms with Crippen molar-refractivity contribution in [3.63, 3.8) is 0 Å². The fourth-order valence-electron chi connectivity index (χ4n) is 3.98. The van der Waals surface area contributed by atoms with E-state index in [-0.39, 0.29) is 18.7 Å². The molecule has 3 aromatic rings. The zero-order valence-electron chi connectivity index (χ0n) is 17.5. The molecule has 4 rings (SSSR count). The van der Waals surface area contributed by atoms with Crippen molar-refractivity contribution in [2.45, 2.75) is 39.3 Å². The Hall–Kier alpha value is -3.42. The lowest BCUT2D eigenvalue weighted by Crippen LogP contribution is -2.33. The number of hydrogen-bond donors (Lipinski definition) is 1. The second-order valence-electron chi connectivity index (χ2n) is 7.65. The van der Waals surface area contributed by atoms with Gasteiger partial charge in [0.2, 0.25) is 0 Å². The molecule has 0 spiro atoms. The molecule has 1 aliphatic rings. The van der Waals surface area contributed by atoms with Gasteiger partial charge in [0.05, 0.1) is 18.8 Å². The Bertz CT molecular complexity index is 1030. The van der Waals surface area contributed by atoms with Crippen molar-refractivity contribution in [3.8, 4) is 0 Å². The zero-order valence-corrected chi connectivity index (χ0v) is 17.5. The van der Waals surface area contributed by atoms with Gasteiger partial charge in [-0.15, -0.1) is 5.10 Å². The van der Waals surface area contributed by atoms with Gasteiger partial charge in [-0.3, -0.25) is 4.90 Å². The largest absolute Gasteiger partial charge is 0.444 e. The van der Waals surface area contributed by atoms with Crippen LogP contribution in [-0.4, -0.2) is 32.8 Å². The summed E-state index contributed by atoms with van der Waals surface area (Å²) in [5.74, 6) is 0.479. The first-order valence-electron chi connectivity index (χ1n) is 10.1. The van der Waals surface area contributed by atoms with Gasteiger partial charge in [0.15, 0.2) is 0 Å². The van der Waals surface area contributed by atoms with Crippen molar-refractivity contribution in [1.29, 1.82) is 0 Å².